The number of hydrogen-bond donors (Lipinski definition) is 1. The van der Waals surface area contributed by atoms with Crippen molar-refractivity contribution >= 4 is 15.9 Å². The highest BCUT2D eigenvalue weighted by Crippen LogP contribution is 2.32. The highest BCUT2D eigenvalue weighted by atomic mass is 79.9. The Bertz CT molecular complexity index is 357. The van der Waals surface area contributed by atoms with E-state index >= 15 is 0 Å². The van der Waals surface area contributed by atoms with E-state index in [4.69, 9.17) is 5.73 Å². The molecule has 0 amide bonds. The lowest BCUT2D eigenvalue weighted by Crippen LogP contribution is -2.48. The van der Waals surface area contributed by atoms with Gasteiger partial charge in [-0.3, -0.25) is 0 Å². The predicted octanol–water partition coefficient (Wildman–Crippen LogP) is 3.15. The number of nitrogens with zero attached hydrogens (tertiary/aromatic N) is 1. The van der Waals surface area contributed by atoms with Crippen LogP contribution in [-0.4, -0.2) is 24.0 Å². The van der Waals surface area contributed by atoms with Gasteiger partial charge in [0.05, 0.1) is 0 Å². The maximum Gasteiger partial charge on any atom is 0.0230 e. The first-order valence-corrected chi connectivity index (χ1v) is 7.09. The summed E-state index contributed by atoms with van der Waals surface area (Å²) in [5.74, 6) is 0. The Labute approximate surface area is 112 Å². The van der Waals surface area contributed by atoms with Gasteiger partial charge in [-0.05, 0) is 57.0 Å². The van der Waals surface area contributed by atoms with E-state index < -0.39 is 0 Å². The quantitative estimate of drug-likeness (QED) is 0.904. The van der Waals surface area contributed by atoms with Crippen molar-refractivity contribution in [3.8, 4) is 0 Å². The SMILES string of the molecule is CN(CCC1(N)CCC1)Cc1ccc(Br)cc1. The van der Waals surface area contributed by atoms with Crippen LogP contribution in [0.5, 0.6) is 0 Å². The Hall–Kier alpha value is -0.380. The van der Waals surface area contributed by atoms with Crippen LogP contribution in [0.1, 0.15) is 31.2 Å². The van der Waals surface area contributed by atoms with Crippen molar-refractivity contribution in [2.75, 3.05) is 13.6 Å². The molecule has 3 heteroatoms. The van der Waals surface area contributed by atoms with Crippen LogP contribution in [0.25, 0.3) is 0 Å². The van der Waals surface area contributed by atoms with E-state index in [1.165, 1.54) is 24.8 Å². The lowest BCUT2D eigenvalue weighted by atomic mass is 9.75. The predicted molar refractivity (Wildman–Crippen MR) is 75.9 cm³/mol. The molecule has 1 aliphatic carbocycles. The maximum absolute atomic E-state index is 6.23. The molecule has 94 valence electrons. The van der Waals surface area contributed by atoms with Gasteiger partial charge in [-0.1, -0.05) is 28.1 Å². The van der Waals surface area contributed by atoms with E-state index in [1.54, 1.807) is 0 Å². The molecule has 0 spiro atoms. The molecule has 2 rings (SSSR count). The fraction of sp³-hybridized carbons (Fsp3) is 0.571. The molecule has 0 unspecified atom stereocenters. The lowest BCUT2D eigenvalue weighted by molar-refractivity contribution is 0.193. The average Bonchev–Trinajstić information content (AvgIpc) is 2.27. The number of nitrogens with two attached hydrogens (primary N) is 1. The summed E-state index contributed by atoms with van der Waals surface area (Å²) in [5, 5.41) is 0. The number of rotatable bonds is 5. The van der Waals surface area contributed by atoms with E-state index in [0.29, 0.717) is 0 Å². The molecule has 0 saturated heterocycles. The van der Waals surface area contributed by atoms with Crippen LogP contribution in [0, 0.1) is 0 Å². The first kappa shape index (κ1) is 13.1. The molecule has 2 nitrogen and oxygen atoms in total. The normalized spacial score (nSPS) is 18.1. The standard InChI is InChI=1S/C14H21BrN2/c1-17(10-9-14(16)7-2-8-14)11-12-3-5-13(15)6-4-12/h3-6H,2,7-11,16H2,1H3. The van der Waals surface area contributed by atoms with Crippen LogP contribution < -0.4 is 5.73 Å². The fourth-order valence-electron chi connectivity index (χ4n) is 2.27. The van der Waals surface area contributed by atoms with E-state index in [0.717, 1.165) is 24.0 Å². The van der Waals surface area contributed by atoms with Gasteiger partial charge in [0.2, 0.25) is 0 Å². The molecular weight excluding hydrogens is 276 g/mol. The van der Waals surface area contributed by atoms with Gasteiger partial charge < -0.3 is 10.6 Å². The summed E-state index contributed by atoms with van der Waals surface area (Å²) in [5.41, 5.74) is 7.74. The monoisotopic (exact) mass is 296 g/mol. The molecule has 0 bridgehead atoms. The molecule has 0 atom stereocenters. The van der Waals surface area contributed by atoms with Gasteiger partial charge in [0.1, 0.15) is 0 Å². The molecule has 2 N–H and O–H groups in total. The van der Waals surface area contributed by atoms with E-state index in [2.05, 4.69) is 52.1 Å². The molecule has 1 fully saturated rings. The highest BCUT2D eigenvalue weighted by Gasteiger charge is 2.31. The Morgan fingerprint density at radius 3 is 2.47 bits per heavy atom. The first-order valence-electron chi connectivity index (χ1n) is 6.29. The minimum atomic E-state index is 0.147. The van der Waals surface area contributed by atoms with Crippen molar-refractivity contribution in [3.63, 3.8) is 0 Å². The van der Waals surface area contributed by atoms with Crippen LogP contribution in [0.4, 0.5) is 0 Å². The molecule has 0 aliphatic heterocycles. The summed E-state index contributed by atoms with van der Waals surface area (Å²) >= 11 is 3.46. The van der Waals surface area contributed by atoms with Gasteiger partial charge in [0.15, 0.2) is 0 Å². The van der Waals surface area contributed by atoms with Crippen LogP contribution in [0.15, 0.2) is 28.7 Å². The minimum absolute atomic E-state index is 0.147. The third-order valence-electron chi connectivity index (χ3n) is 3.71. The molecule has 1 aromatic rings. The second kappa shape index (κ2) is 5.51. The molecule has 0 radical (unpaired) electrons. The Kier molecular flexibility index (Phi) is 4.23. The number of hydrogen-bond acceptors (Lipinski definition) is 2. The molecular formula is C14H21BrN2. The van der Waals surface area contributed by atoms with Gasteiger partial charge in [-0.15, -0.1) is 0 Å². The van der Waals surface area contributed by atoms with Crippen LogP contribution in [-0.2, 0) is 6.54 Å². The molecule has 0 heterocycles. The fourth-order valence-corrected chi connectivity index (χ4v) is 2.54. The largest absolute Gasteiger partial charge is 0.325 e. The zero-order valence-corrected chi connectivity index (χ0v) is 12.0. The minimum Gasteiger partial charge on any atom is -0.325 e. The van der Waals surface area contributed by atoms with Crippen molar-refractivity contribution < 1.29 is 0 Å². The maximum atomic E-state index is 6.23. The number of benzene rings is 1. The van der Waals surface area contributed by atoms with Gasteiger partial charge in [0, 0.05) is 16.6 Å². The first-order chi connectivity index (χ1) is 8.07. The summed E-state index contributed by atoms with van der Waals surface area (Å²) in [4.78, 5) is 2.36. The Morgan fingerprint density at radius 1 is 1.29 bits per heavy atom. The second-order valence-corrected chi connectivity index (χ2v) is 6.25. The van der Waals surface area contributed by atoms with Crippen molar-refractivity contribution in [2.45, 2.75) is 37.8 Å². The summed E-state index contributed by atoms with van der Waals surface area (Å²) in [7, 11) is 2.17. The topological polar surface area (TPSA) is 29.3 Å². The van der Waals surface area contributed by atoms with Crippen molar-refractivity contribution in [2.24, 2.45) is 5.73 Å². The van der Waals surface area contributed by atoms with Crippen molar-refractivity contribution in [3.05, 3.63) is 34.3 Å². The molecule has 17 heavy (non-hydrogen) atoms. The summed E-state index contributed by atoms with van der Waals surface area (Å²) in [6.45, 7) is 2.09. The average molecular weight is 297 g/mol. The number of halogens is 1. The van der Waals surface area contributed by atoms with Crippen LogP contribution >= 0.6 is 15.9 Å². The van der Waals surface area contributed by atoms with Crippen molar-refractivity contribution in [1.29, 1.82) is 0 Å². The molecule has 1 aliphatic rings. The smallest absolute Gasteiger partial charge is 0.0230 e. The molecule has 1 aromatic carbocycles. The van der Waals surface area contributed by atoms with Gasteiger partial charge in [0.25, 0.3) is 0 Å². The Balaban J connectivity index is 1.76. The third kappa shape index (κ3) is 3.80. The van der Waals surface area contributed by atoms with E-state index in [-0.39, 0.29) is 5.54 Å². The van der Waals surface area contributed by atoms with E-state index in [1.807, 2.05) is 0 Å². The second-order valence-electron chi connectivity index (χ2n) is 5.33. The zero-order chi connectivity index (χ0) is 12.3. The summed E-state index contributed by atoms with van der Waals surface area (Å²) in [6, 6.07) is 8.53. The lowest BCUT2D eigenvalue weighted by Gasteiger charge is -2.39. The van der Waals surface area contributed by atoms with Crippen LogP contribution in [0.2, 0.25) is 0 Å². The molecule has 1 saturated carbocycles. The van der Waals surface area contributed by atoms with Crippen LogP contribution in [0.3, 0.4) is 0 Å². The Morgan fingerprint density at radius 2 is 1.94 bits per heavy atom. The van der Waals surface area contributed by atoms with E-state index in [9.17, 15) is 0 Å². The third-order valence-corrected chi connectivity index (χ3v) is 4.24. The van der Waals surface area contributed by atoms with Crippen molar-refractivity contribution in [1.82, 2.24) is 4.90 Å². The van der Waals surface area contributed by atoms with Gasteiger partial charge in [-0.25, -0.2) is 0 Å². The summed E-state index contributed by atoms with van der Waals surface area (Å²) in [6.07, 6.45) is 4.85. The highest BCUT2D eigenvalue weighted by molar-refractivity contribution is 9.10. The summed E-state index contributed by atoms with van der Waals surface area (Å²) < 4.78 is 1.14. The molecule has 0 aromatic heterocycles. The van der Waals surface area contributed by atoms with Gasteiger partial charge in [-0.2, -0.15) is 0 Å². The van der Waals surface area contributed by atoms with Gasteiger partial charge >= 0.3 is 0 Å². The zero-order valence-electron chi connectivity index (χ0n) is 10.5.